The minimum Gasteiger partial charge on any atom is -0.372 e. The summed E-state index contributed by atoms with van der Waals surface area (Å²) in [4.78, 5) is 19.7. The molecule has 140 valence electrons. The molecule has 1 fully saturated rings. The zero-order valence-electron chi connectivity index (χ0n) is 15.6. The van der Waals surface area contributed by atoms with E-state index in [2.05, 4.69) is 41.2 Å². The highest BCUT2D eigenvalue weighted by molar-refractivity contribution is 8.18. The lowest BCUT2D eigenvalue weighted by atomic mass is 10.1. The largest absolute Gasteiger partial charge is 0.372 e. The van der Waals surface area contributed by atoms with E-state index in [0.29, 0.717) is 15.1 Å². The summed E-state index contributed by atoms with van der Waals surface area (Å²) in [5, 5.41) is 4.05. The topological polar surface area (TPSA) is 44.7 Å². The summed E-state index contributed by atoms with van der Waals surface area (Å²) in [6.45, 7) is 8.13. The van der Waals surface area contributed by atoms with E-state index in [4.69, 9.17) is 11.6 Å². The monoisotopic (exact) mass is 399 g/mol. The van der Waals surface area contributed by atoms with Crippen molar-refractivity contribution in [1.82, 2.24) is 5.32 Å². The number of benzene rings is 2. The number of nitrogens with zero attached hydrogens (tertiary/aromatic N) is 2. The van der Waals surface area contributed by atoms with Gasteiger partial charge in [-0.1, -0.05) is 29.8 Å². The highest BCUT2D eigenvalue weighted by Gasteiger charge is 2.24. The van der Waals surface area contributed by atoms with Crippen LogP contribution in [0.25, 0.3) is 6.08 Å². The van der Waals surface area contributed by atoms with E-state index in [9.17, 15) is 4.79 Å². The summed E-state index contributed by atoms with van der Waals surface area (Å²) in [6.07, 6.45) is 1.89. The maximum Gasteiger partial charge on any atom is 0.264 e. The molecule has 4 nitrogen and oxygen atoms in total. The van der Waals surface area contributed by atoms with Crippen LogP contribution in [-0.2, 0) is 4.79 Å². The number of hydrogen-bond acceptors (Lipinski definition) is 4. The molecular formula is C21H22ClN3OS. The summed E-state index contributed by atoms with van der Waals surface area (Å²) in [6, 6.07) is 13.8. The molecule has 0 spiro atoms. The Morgan fingerprint density at radius 1 is 1.15 bits per heavy atom. The molecule has 1 aliphatic heterocycles. The predicted octanol–water partition coefficient (Wildman–Crippen LogP) is 5.39. The normalized spacial score (nSPS) is 16.8. The fourth-order valence-electron chi connectivity index (χ4n) is 2.83. The highest BCUT2D eigenvalue weighted by atomic mass is 35.5. The number of halogens is 1. The van der Waals surface area contributed by atoms with Gasteiger partial charge in [-0.2, -0.15) is 0 Å². The van der Waals surface area contributed by atoms with Crippen LogP contribution in [0.2, 0.25) is 5.02 Å². The van der Waals surface area contributed by atoms with Gasteiger partial charge in [0.2, 0.25) is 0 Å². The van der Waals surface area contributed by atoms with Gasteiger partial charge in [0.05, 0.1) is 10.6 Å². The molecule has 0 unspecified atom stereocenters. The van der Waals surface area contributed by atoms with E-state index in [0.717, 1.165) is 29.9 Å². The second-order valence-electron chi connectivity index (χ2n) is 6.13. The Morgan fingerprint density at radius 3 is 2.52 bits per heavy atom. The second kappa shape index (κ2) is 8.63. The smallest absolute Gasteiger partial charge is 0.264 e. The SMILES string of the molecule is CCN(CC)c1ccc(/C=C2\SC(=Nc3cccc(Cl)c3C)NC2=O)cc1. The first-order chi connectivity index (χ1) is 13.0. The Bertz CT molecular complexity index is 902. The lowest BCUT2D eigenvalue weighted by Gasteiger charge is -2.20. The highest BCUT2D eigenvalue weighted by Crippen LogP contribution is 2.31. The van der Waals surface area contributed by atoms with Crippen LogP contribution in [0.5, 0.6) is 0 Å². The first-order valence-electron chi connectivity index (χ1n) is 8.91. The molecule has 2 aromatic carbocycles. The molecule has 27 heavy (non-hydrogen) atoms. The Balaban J connectivity index is 1.79. The van der Waals surface area contributed by atoms with Crippen LogP contribution >= 0.6 is 23.4 Å². The van der Waals surface area contributed by atoms with Crippen LogP contribution in [0.3, 0.4) is 0 Å². The minimum absolute atomic E-state index is 0.133. The molecule has 0 atom stereocenters. The predicted molar refractivity (Wildman–Crippen MR) is 117 cm³/mol. The third-order valence-electron chi connectivity index (χ3n) is 4.43. The summed E-state index contributed by atoms with van der Waals surface area (Å²) in [5.41, 5.74) is 3.83. The van der Waals surface area contributed by atoms with E-state index in [1.54, 1.807) is 0 Å². The summed E-state index contributed by atoms with van der Waals surface area (Å²) in [5.74, 6) is -0.133. The molecule has 1 amide bonds. The Labute approximate surface area is 169 Å². The van der Waals surface area contributed by atoms with Crippen LogP contribution in [0.15, 0.2) is 52.4 Å². The van der Waals surface area contributed by atoms with Crippen LogP contribution < -0.4 is 10.2 Å². The van der Waals surface area contributed by atoms with Gasteiger partial charge in [-0.25, -0.2) is 4.99 Å². The van der Waals surface area contributed by atoms with E-state index in [1.165, 1.54) is 17.4 Å². The first kappa shape index (κ1) is 19.5. The molecule has 1 aliphatic rings. The number of carbonyl (C=O) groups is 1. The van der Waals surface area contributed by atoms with Crippen LogP contribution in [0, 0.1) is 6.92 Å². The lowest BCUT2D eigenvalue weighted by Crippen LogP contribution is -2.21. The molecule has 0 radical (unpaired) electrons. The summed E-state index contributed by atoms with van der Waals surface area (Å²) >= 11 is 7.48. The van der Waals surface area contributed by atoms with Crippen molar-refractivity contribution in [2.75, 3.05) is 18.0 Å². The zero-order chi connectivity index (χ0) is 19.4. The van der Waals surface area contributed by atoms with Gasteiger partial charge < -0.3 is 10.2 Å². The number of carbonyl (C=O) groups excluding carboxylic acids is 1. The summed E-state index contributed by atoms with van der Waals surface area (Å²) < 4.78 is 0. The Hall–Kier alpha value is -2.24. The van der Waals surface area contributed by atoms with Gasteiger partial charge in [0.1, 0.15) is 0 Å². The van der Waals surface area contributed by atoms with Crippen molar-refractivity contribution in [3.63, 3.8) is 0 Å². The number of amides is 1. The fraction of sp³-hybridized carbons (Fsp3) is 0.238. The lowest BCUT2D eigenvalue weighted by molar-refractivity contribution is -0.115. The molecule has 2 aromatic rings. The van der Waals surface area contributed by atoms with Crippen molar-refractivity contribution >= 4 is 51.9 Å². The van der Waals surface area contributed by atoms with Crippen molar-refractivity contribution < 1.29 is 4.79 Å². The minimum atomic E-state index is -0.133. The van der Waals surface area contributed by atoms with Gasteiger partial charge in [0.25, 0.3) is 5.91 Å². The van der Waals surface area contributed by atoms with E-state index < -0.39 is 0 Å². The van der Waals surface area contributed by atoms with Crippen molar-refractivity contribution in [2.24, 2.45) is 4.99 Å². The quantitative estimate of drug-likeness (QED) is 0.686. The zero-order valence-corrected chi connectivity index (χ0v) is 17.2. The van der Waals surface area contributed by atoms with Crippen LogP contribution in [0.4, 0.5) is 11.4 Å². The standard InChI is InChI=1S/C21H22ClN3OS/c1-4-25(5-2)16-11-9-15(10-12-16)13-19-20(26)24-21(27-19)23-18-8-6-7-17(22)14(18)3/h6-13H,4-5H2,1-3H3,(H,23,24,26)/b19-13-. The molecule has 0 saturated carbocycles. The van der Waals surface area contributed by atoms with Gasteiger partial charge in [0, 0.05) is 23.8 Å². The molecule has 0 bridgehead atoms. The van der Waals surface area contributed by atoms with E-state index in [-0.39, 0.29) is 5.91 Å². The Morgan fingerprint density at radius 2 is 1.85 bits per heavy atom. The average Bonchev–Trinajstić information content (AvgIpc) is 3.00. The summed E-state index contributed by atoms with van der Waals surface area (Å²) in [7, 11) is 0. The fourth-order valence-corrected chi connectivity index (χ4v) is 3.83. The Kier molecular flexibility index (Phi) is 6.24. The number of hydrogen-bond donors (Lipinski definition) is 1. The van der Waals surface area contributed by atoms with Gasteiger partial charge >= 0.3 is 0 Å². The van der Waals surface area contributed by atoms with Gasteiger partial charge in [-0.3, -0.25) is 4.79 Å². The molecule has 3 rings (SSSR count). The third kappa shape index (κ3) is 4.54. The van der Waals surface area contributed by atoms with Gasteiger partial charge in [-0.15, -0.1) is 0 Å². The molecule has 1 N–H and O–H groups in total. The third-order valence-corrected chi connectivity index (χ3v) is 5.75. The van der Waals surface area contributed by atoms with E-state index in [1.807, 2.05) is 43.3 Å². The molecule has 0 aliphatic carbocycles. The van der Waals surface area contributed by atoms with Gasteiger partial charge in [0.15, 0.2) is 5.17 Å². The maximum atomic E-state index is 12.3. The van der Waals surface area contributed by atoms with Crippen LogP contribution in [-0.4, -0.2) is 24.2 Å². The van der Waals surface area contributed by atoms with Gasteiger partial charge in [-0.05, 0) is 74.0 Å². The average molecular weight is 400 g/mol. The molecular weight excluding hydrogens is 378 g/mol. The van der Waals surface area contributed by atoms with Crippen LogP contribution in [0.1, 0.15) is 25.0 Å². The number of rotatable bonds is 5. The van der Waals surface area contributed by atoms with Crippen molar-refractivity contribution in [3.8, 4) is 0 Å². The maximum absolute atomic E-state index is 12.3. The van der Waals surface area contributed by atoms with Crippen molar-refractivity contribution in [1.29, 1.82) is 0 Å². The first-order valence-corrected chi connectivity index (χ1v) is 10.1. The molecule has 1 saturated heterocycles. The molecule has 0 aromatic heterocycles. The van der Waals surface area contributed by atoms with Crippen molar-refractivity contribution in [3.05, 3.63) is 63.5 Å². The number of nitrogens with one attached hydrogen (secondary N) is 1. The molecule has 1 heterocycles. The number of aliphatic imine (C=N–C) groups is 1. The molecule has 6 heteroatoms. The van der Waals surface area contributed by atoms with Crippen molar-refractivity contribution in [2.45, 2.75) is 20.8 Å². The number of anilines is 1. The second-order valence-corrected chi connectivity index (χ2v) is 7.57. The van der Waals surface area contributed by atoms with E-state index >= 15 is 0 Å². The number of amidine groups is 1. The number of thioether (sulfide) groups is 1.